The Hall–Kier alpha value is -4.55. The monoisotopic (exact) mass is 777 g/mol. The molecule has 1 saturated carbocycles. The van der Waals surface area contributed by atoms with Crippen molar-refractivity contribution in [2.45, 2.75) is 62.6 Å². The molecule has 0 bridgehead atoms. The van der Waals surface area contributed by atoms with Crippen LogP contribution in [0.5, 0.6) is 17.2 Å². The molecule has 5 rings (SSSR count). The number of anilines is 1. The van der Waals surface area contributed by atoms with Crippen LogP contribution in [0.4, 0.5) is 5.69 Å². The van der Waals surface area contributed by atoms with Gasteiger partial charge in [-0.15, -0.1) is 0 Å². The van der Waals surface area contributed by atoms with E-state index in [0.717, 1.165) is 45.6 Å². The van der Waals surface area contributed by atoms with Crippen LogP contribution in [0.25, 0.3) is 0 Å². The minimum absolute atomic E-state index is 0.0196. The summed E-state index contributed by atoms with van der Waals surface area (Å²) < 4.78 is 47.4. The molecule has 0 aromatic heterocycles. The Morgan fingerprint density at radius 3 is 2.16 bits per heavy atom. The Labute approximate surface area is 308 Å². The molecule has 0 radical (unpaired) electrons. The lowest BCUT2D eigenvalue weighted by molar-refractivity contribution is -0.140. The van der Waals surface area contributed by atoms with Crippen LogP contribution in [-0.2, 0) is 32.6 Å². The first-order valence-electron chi connectivity index (χ1n) is 17.0. The maximum Gasteiger partial charge on any atom is 0.264 e. The zero-order valence-electron chi connectivity index (χ0n) is 29.1. The number of benzene rings is 4. The summed E-state index contributed by atoms with van der Waals surface area (Å²) in [7, 11) is -1.48. The van der Waals surface area contributed by atoms with Crippen molar-refractivity contribution in [3.8, 4) is 17.2 Å². The number of carbonyl (C=O) groups excluding carboxylic acids is 2. The van der Waals surface area contributed by atoms with Gasteiger partial charge in [-0.1, -0.05) is 71.2 Å². The highest BCUT2D eigenvalue weighted by atomic mass is 79.9. The van der Waals surface area contributed by atoms with Gasteiger partial charge in [0, 0.05) is 29.5 Å². The molecule has 0 heterocycles. The summed E-state index contributed by atoms with van der Waals surface area (Å²) in [5.74, 6) is 0.321. The van der Waals surface area contributed by atoms with Gasteiger partial charge in [-0.25, -0.2) is 8.42 Å². The van der Waals surface area contributed by atoms with Gasteiger partial charge in [0.25, 0.3) is 10.0 Å². The van der Waals surface area contributed by atoms with Gasteiger partial charge in [0.1, 0.15) is 18.3 Å². The van der Waals surface area contributed by atoms with Crippen molar-refractivity contribution in [1.82, 2.24) is 10.2 Å². The van der Waals surface area contributed by atoms with E-state index in [0.29, 0.717) is 18.1 Å². The second-order valence-electron chi connectivity index (χ2n) is 12.3. The molecule has 0 unspecified atom stereocenters. The summed E-state index contributed by atoms with van der Waals surface area (Å²) in [5.41, 5.74) is 1.91. The van der Waals surface area contributed by atoms with Crippen molar-refractivity contribution >= 4 is 43.5 Å². The molecule has 10 nitrogen and oxygen atoms in total. The summed E-state index contributed by atoms with van der Waals surface area (Å²) in [6.07, 6.45) is 4.05. The first-order valence-corrected chi connectivity index (χ1v) is 19.2. The number of sulfonamides is 1. The molecule has 1 aliphatic carbocycles. The highest BCUT2D eigenvalue weighted by molar-refractivity contribution is 9.10. The predicted octanol–water partition coefficient (Wildman–Crippen LogP) is 6.76. The number of halogens is 1. The van der Waals surface area contributed by atoms with Crippen LogP contribution in [0.1, 0.15) is 43.7 Å². The Morgan fingerprint density at radius 1 is 0.863 bits per heavy atom. The first kappa shape index (κ1) is 37.7. The van der Waals surface area contributed by atoms with Gasteiger partial charge in [-0.2, -0.15) is 0 Å². The minimum Gasteiger partial charge on any atom is -0.494 e. The maximum absolute atomic E-state index is 14.8. The van der Waals surface area contributed by atoms with Crippen molar-refractivity contribution in [1.29, 1.82) is 0 Å². The topological polar surface area (TPSA) is 114 Å². The van der Waals surface area contributed by atoms with E-state index in [1.165, 1.54) is 37.3 Å². The lowest BCUT2D eigenvalue weighted by Crippen LogP contribution is -2.54. The van der Waals surface area contributed by atoms with E-state index in [4.69, 9.17) is 14.2 Å². The van der Waals surface area contributed by atoms with E-state index in [9.17, 15) is 18.0 Å². The Bertz CT molecular complexity index is 1870. The van der Waals surface area contributed by atoms with Gasteiger partial charge >= 0.3 is 0 Å². The average Bonchev–Trinajstić information content (AvgIpc) is 3.66. The average molecular weight is 779 g/mol. The molecule has 1 atom stereocenters. The summed E-state index contributed by atoms with van der Waals surface area (Å²) in [4.78, 5) is 30.4. The molecule has 1 aliphatic rings. The SMILES string of the molecule is CCOc1ccc(N(CC(=O)N(Cc2ccc(Br)cc2)[C@H](Cc2ccccc2)C(=O)NC2CCCC2)S(=O)(=O)c2ccc(OC)c(OC)c2)cc1. The molecular weight excluding hydrogens is 734 g/mol. The van der Waals surface area contributed by atoms with E-state index >= 15 is 0 Å². The number of hydrogen-bond acceptors (Lipinski definition) is 7. The summed E-state index contributed by atoms with van der Waals surface area (Å²) >= 11 is 3.48. The number of nitrogens with zero attached hydrogens (tertiary/aromatic N) is 2. The molecule has 270 valence electrons. The standard InChI is InChI=1S/C39H44BrN3O7S/c1-4-50-33-20-18-32(19-21-33)43(51(46,47)34-22-23-36(48-2)37(25-34)49-3)27-38(44)42(26-29-14-16-30(40)17-15-29)35(24-28-10-6-5-7-11-28)39(45)41-31-12-8-9-13-31/h5-7,10-11,14-23,25,31,35H,4,8-9,12-13,24,26-27H2,1-3H3,(H,41,45)/t35-/m1/s1. The number of rotatable bonds is 16. The zero-order valence-corrected chi connectivity index (χ0v) is 31.5. The fourth-order valence-electron chi connectivity index (χ4n) is 6.22. The van der Waals surface area contributed by atoms with Crippen LogP contribution in [0.2, 0.25) is 0 Å². The van der Waals surface area contributed by atoms with Gasteiger partial charge < -0.3 is 24.4 Å². The highest BCUT2D eigenvalue weighted by Gasteiger charge is 2.36. The van der Waals surface area contributed by atoms with Crippen LogP contribution in [-0.4, -0.2) is 64.6 Å². The molecule has 2 amide bonds. The predicted molar refractivity (Wildman–Crippen MR) is 201 cm³/mol. The Morgan fingerprint density at radius 2 is 1.53 bits per heavy atom. The number of hydrogen-bond donors (Lipinski definition) is 1. The minimum atomic E-state index is -4.36. The molecule has 12 heteroatoms. The molecule has 0 saturated heterocycles. The third-order valence-corrected chi connectivity index (χ3v) is 11.2. The third kappa shape index (κ3) is 9.62. The van der Waals surface area contributed by atoms with Gasteiger partial charge in [0.15, 0.2) is 11.5 Å². The van der Waals surface area contributed by atoms with E-state index in [1.54, 1.807) is 24.3 Å². The fourth-order valence-corrected chi connectivity index (χ4v) is 7.91. The van der Waals surface area contributed by atoms with Gasteiger partial charge in [-0.3, -0.25) is 13.9 Å². The quantitative estimate of drug-likeness (QED) is 0.134. The third-order valence-electron chi connectivity index (χ3n) is 8.90. The van der Waals surface area contributed by atoms with Gasteiger partial charge in [0.05, 0.1) is 31.4 Å². The number of amides is 2. The lowest BCUT2D eigenvalue weighted by atomic mass is 10.0. The van der Waals surface area contributed by atoms with Crippen LogP contribution in [0.3, 0.4) is 0 Å². The summed E-state index contributed by atoms with van der Waals surface area (Å²) in [6.45, 7) is 1.79. The summed E-state index contributed by atoms with van der Waals surface area (Å²) in [6, 6.07) is 26.9. The number of methoxy groups -OCH3 is 2. The summed E-state index contributed by atoms with van der Waals surface area (Å²) in [5, 5.41) is 3.20. The van der Waals surface area contributed by atoms with Crippen LogP contribution < -0.4 is 23.8 Å². The number of carbonyl (C=O) groups is 2. The number of ether oxygens (including phenoxy) is 3. The largest absolute Gasteiger partial charge is 0.494 e. The molecule has 4 aromatic carbocycles. The molecule has 1 N–H and O–H groups in total. The smallest absolute Gasteiger partial charge is 0.264 e. The zero-order chi connectivity index (χ0) is 36.4. The van der Waals surface area contributed by atoms with E-state index in [1.807, 2.05) is 61.5 Å². The fraction of sp³-hybridized carbons (Fsp3) is 0.333. The lowest BCUT2D eigenvalue weighted by Gasteiger charge is -2.34. The number of nitrogens with one attached hydrogen (secondary N) is 1. The van der Waals surface area contributed by atoms with E-state index in [2.05, 4.69) is 21.2 Å². The molecule has 0 spiro atoms. The second-order valence-corrected chi connectivity index (χ2v) is 15.1. The maximum atomic E-state index is 14.8. The van der Waals surface area contributed by atoms with E-state index in [-0.39, 0.29) is 41.2 Å². The van der Waals surface area contributed by atoms with Gasteiger partial charge in [-0.05, 0) is 79.4 Å². The van der Waals surface area contributed by atoms with Crippen molar-refractivity contribution in [2.24, 2.45) is 0 Å². The normalized spacial score (nSPS) is 13.6. The van der Waals surface area contributed by atoms with Crippen LogP contribution >= 0.6 is 15.9 Å². The van der Waals surface area contributed by atoms with Crippen molar-refractivity contribution in [2.75, 3.05) is 31.7 Å². The molecule has 51 heavy (non-hydrogen) atoms. The highest BCUT2D eigenvalue weighted by Crippen LogP contribution is 2.33. The van der Waals surface area contributed by atoms with Crippen molar-refractivity contribution in [3.05, 3.63) is 113 Å². The van der Waals surface area contributed by atoms with Crippen LogP contribution in [0.15, 0.2) is 106 Å². The second kappa shape index (κ2) is 17.6. The Balaban J connectivity index is 1.58. The molecule has 4 aromatic rings. The van der Waals surface area contributed by atoms with Gasteiger partial charge in [0.2, 0.25) is 11.8 Å². The van der Waals surface area contributed by atoms with Crippen molar-refractivity contribution < 1.29 is 32.2 Å². The Kier molecular flexibility index (Phi) is 13.0. The van der Waals surface area contributed by atoms with Crippen LogP contribution in [0, 0.1) is 0 Å². The molecule has 1 fully saturated rings. The molecule has 0 aliphatic heterocycles. The van der Waals surface area contributed by atoms with Crippen molar-refractivity contribution in [3.63, 3.8) is 0 Å². The van der Waals surface area contributed by atoms with E-state index < -0.39 is 28.5 Å². The molecular formula is C39H44BrN3O7S. The first-order chi connectivity index (χ1) is 24.6.